The standard InChI is InChI=1S/C28H34N2O3/c1-30(26-13-16-32-17-14-26)15-18-33-27-8-4-5-23(20-27)21-29-28(31)12-10-22-9-11-24-6-2-3-7-25(24)19-22/h2-9,11,19-20,26H,10,12-18,21H2,1H3,(H,29,31). The number of amides is 1. The fourth-order valence-corrected chi connectivity index (χ4v) is 4.30. The molecule has 33 heavy (non-hydrogen) atoms. The summed E-state index contributed by atoms with van der Waals surface area (Å²) in [5.41, 5.74) is 2.23. The van der Waals surface area contributed by atoms with Crippen LogP contribution in [0.2, 0.25) is 0 Å². The van der Waals surface area contributed by atoms with Gasteiger partial charge in [-0.1, -0.05) is 54.6 Å². The minimum atomic E-state index is 0.0626. The van der Waals surface area contributed by atoms with E-state index in [0.29, 0.717) is 25.6 Å². The summed E-state index contributed by atoms with van der Waals surface area (Å²) >= 11 is 0. The van der Waals surface area contributed by atoms with Crippen LogP contribution in [-0.4, -0.2) is 50.3 Å². The quantitative estimate of drug-likeness (QED) is 0.495. The lowest BCUT2D eigenvalue weighted by Crippen LogP contribution is -2.38. The van der Waals surface area contributed by atoms with E-state index >= 15 is 0 Å². The van der Waals surface area contributed by atoms with Gasteiger partial charge in [-0.15, -0.1) is 0 Å². The second-order valence-electron chi connectivity index (χ2n) is 8.78. The summed E-state index contributed by atoms with van der Waals surface area (Å²) < 4.78 is 11.4. The first-order chi connectivity index (χ1) is 16.2. The number of rotatable bonds is 10. The highest BCUT2D eigenvalue weighted by molar-refractivity contribution is 5.83. The third kappa shape index (κ3) is 7.04. The predicted molar refractivity (Wildman–Crippen MR) is 133 cm³/mol. The minimum Gasteiger partial charge on any atom is -0.492 e. The van der Waals surface area contributed by atoms with Gasteiger partial charge in [-0.2, -0.15) is 0 Å². The molecule has 1 N–H and O–H groups in total. The summed E-state index contributed by atoms with van der Waals surface area (Å²) in [5, 5.41) is 5.48. The molecule has 1 fully saturated rings. The van der Waals surface area contributed by atoms with E-state index in [2.05, 4.69) is 47.6 Å². The Kier molecular flexibility index (Phi) is 8.34. The molecule has 1 amide bonds. The number of aryl methyl sites for hydroxylation is 1. The van der Waals surface area contributed by atoms with E-state index in [4.69, 9.17) is 9.47 Å². The number of carbonyl (C=O) groups is 1. The molecule has 3 aromatic carbocycles. The monoisotopic (exact) mass is 446 g/mol. The Morgan fingerprint density at radius 2 is 1.82 bits per heavy atom. The number of nitrogens with one attached hydrogen (secondary N) is 1. The second-order valence-corrected chi connectivity index (χ2v) is 8.78. The van der Waals surface area contributed by atoms with E-state index in [1.54, 1.807) is 0 Å². The molecule has 1 saturated heterocycles. The number of carbonyl (C=O) groups excluding carboxylic acids is 1. The van der Waals surface area contributed by atoms with Crippen LogP contribution in [0.5, 0.6) is 5.75 Å². The zero-order valence-electron chi connectivity index (χ0n) is 19.5. The molecule has 3 aromatic rings. The van der Waals surface area contributed by atoms with Crippen LogP contribution >= 0.6 is 0 Å². The first-order valence-corrected chi connectivity index (χ1v) is 11.9. The molecule has 174 valence electrons. The minimum absolute atomic E-state index is 0.0626. The van der Waals surface area contributed by atoms with Crippen LogP contribution in [0.25, 0.3) is 10.8 Å². The lowest BCUT2D eigenvalue weighted by molar-refractivity contribution is -0.121. The maximum absolute atomic E-state index is 12.4. The Morgan fingerprint density at radius 3 is 2.67 bits per heavy atom. The van der Waals surface area contributed by atoms with Crippen molar-refractivity contribution >= 4 is 16.7 Å². The molecule has 1 aliphatic rings. The van der Waals surface area contributed by atoms with Crippen molar-refractivity contribution in [1.82, 2.24) is 10.2 Å². The van der Waals surface area contributed by atoms with Gasteiger partial charge in [0.05, 0.1) is 0 Å². The Morgan fingerprint density at radius 1 is 1.00 bits per heavy atom. The summed E-state index contributed by atoms with van der Waals surface area (Å²) in [4.78, 5) is 14.7. The Hall–Kier alpha value is -2.89. The molecule has 0 spiro atoms. The fourth-order valence-electron chi connectivity index (χ4n) is 4.30. The first-order valence-electron chi connectivity index (χ1n) is 11.9. The molecule has 4 rings (SSSR count). The number of fused-ring (bicyclic) bond motifs is 1. The van der Waals surface area contributed by atoms with E-state index in [1.165, 1.54) is 16.3 Å². The van der Waals surface area contributed by atoms with Gasteiger partial charge in [0.1, 0.15) is 12.4 Å². The molecule has 0 saturated carbocycles. The second kappa shape index (κ2) is 11.8. The van der Waals surface area contributed by atoms with Gasteiger partial charge in [0.15, 0.2) is 0 Å². The topological polar surface area (TPSA) is 50.8 Å². The number of hydrogen-bond acceptors (Lipinski definition) is 4. The summed E-state index contributed by atoms with van der Waals surface area (Å²) in [6, 6.07) is 23.3. The molecule has 0 atom stereocenters. The first kappa shape index (κ1) is 23.3. The van der Waals surface area contributed by atoms with Gasteiger partial charge in [0, 0.05) is 38.8 Å². The third-order valence-electron chi connectivity index (χ3n) is 6.37. The van der Waals surface area contributed by atoms with Crippen molar-refractivity contribution in [2.75, 3.05) is 33.4 Å². The lowest BCUT2D eigenvalue weighted by Gasteiger charge is -2.31. The molecular formula is C28H34N2O3. The third-order valence-corrected chi connectivity index (χ3v) is 6.37. The number of nitrogens with zero attached hydrogens (tertiary/aromatic N) is 1. The van der Waals surface area contributed by atoms with Crippen molar-refractivity contribution in [2.45, 2.75) is 38.3 Å². The van der Waals surface area contributed by atoms with Crippen LogP contribution in [0.1, 0.15) is 30.4 Å². The Bertz CT molecular complexity index is 1050. The highest BCUT2D eigenvalue weighted by Gasteiger charge is 2.18. The molecule has 1 heterocycles. The molecule has 0 radical (unpaired) electrons. The van der Waals surface area contributed by atoms with Gasteiger partial charge in [-0.3, -0.25) is 9.69 Å². The molecule has 0 aromatic heterocycles. The molecule has 0 unspecified atom stereocenters. The van der Waals surface area contributed by atoms with E-state index in [9.17, 15) is 4.79 Å². The zero-order chi connectivity index (χ0) is 22.9. The van der Waals surface area contributed by atoms with Crippen LogP contribution in [-0.2, 0) is 22.5 Å². The molecular weight excluding hydrogens is 412 g/mol. The summed E-state index contributed by atoms with van der Waals surface area (Å²) in [6.07, 6.45) is 3.40. The van der Waals surface area contributed by atoms with Crippen LogP contribution in [0, 0.1) is 0 Å². The number of hydrogen-bond donors (Lipinski definition) is 1. The van der Waals surface area contributed by atoms with E-state index in [0.717, 1.165) is 50.3 Å². The highest BCUT2D eigenvalue weighted by atomic mass is 16.5. The molecule has 1 aliphatic heterocycles. The van der Waals surface area contributed by atoms with Gasteiger partial charge < -0.3 is 14.8 Å². The SMILES string of the molecule is CN(CCOc1cccc(CNC(=O)CCc2ccc3ccccc3c2)c1)C1CCOCC1. The smallest absolute Gasteiger partial charge is 0.220 e. The van der Waals surface area contributed by atoms with Crippen molar-refractivity contribution in [3.05, 3.63) is 77.9 Å². The zero-order valence-corrected chi connectivity index (χ0v) is 19.5. The average Bonchev–Trinajstić information content (AvgIpc) is 2.87. The lowest BCUT2D eigenvalue weighted by atomic mass is 10.0. The average molecular weight is 447 g/mol. The van der Waals surface area contributed by atoms with Crippen LogP contribution in [0.3, 0.4) is 0 Å². The van der Waals surface area contributed by atoms with Gasteiger partial charge in [0.2, 0.25) is 5.91 Å². The van der Waals surface area contributed by atoms with Crippen LogP contribution in [0.4, 0.5) is 0 Å². The van der Waals surface area contributed by atoms with E-state index in [-0.39, 0.29) is 5.91 Å². The molecule has 5 nitrogen and oxygen atoms in total. The Balaban J connectivity index is 1.19. The largest absolute Gasteiger partial charge is 0.492 e. The van der Waals surface area contributed by atoms with Gasteiger partial charge in [-0.25, -0.2) is 0 Å². The van der Waals surface area contributed by atoms with Crippen molar-refractivity contribution < 1.29 is 14.3 Å². The van der Waals surface area contributed by atoms with E-state index < -0.39 is 0 Å². The molecule has 0 bridgehead atoms. The number of benzene rings is 3. The maximum atomic E-state index is 12.4. The summed E-state index contributed by atoms with van der Waals surface area (Å²) in [5.74, 6) is 0.908. The van der Waals surface area contributed by atoms with Gasteiger partial charge in [0.25, 0.3) is 0 Å². The number of ether oxygens (including phenoxy) is 2. The number of likely N-dealkylation sites (N-methyl/N-ethyl adjacent to an activating group) is 1. The van der Waals surface area contributed by atoms with Crippen LogP contribution in [0.15, 0.2) is 66.7 Å². The predicted octanol–water partition coefficient (Wildman–Crippen LogP) is 4.58. The van der Waals surface area contributed by atoms with Gasteiger partial charge in [-0.05, 0) is 60.3 Å². The Labute approximate surface area is 196 Å². The highest BCUT2D eigenvalue weighted by Crippen LogP contribution is 2.17. The van der Waals surface area contributed by atoms with Crippen molar-refractivity contribution in [2.24, 2.45) is 0 Å². The molecule has 0 aliphatic carbocycles. The fraction of sp³-hybridized carbons (Fsp3) is 0.393. The van der Waals surface area contributed by atoms with Crippen molar-refractivity contribution in [3.63, 3.8) is 0 Å². The van der Waals surface area contributed by atoms with Crippen molar-refractivity contribution in [3.8, 4) is 5.75 Å². The van der Waals surface area contributed by atoms with E-state index in [1.807, 2.05) is 36.4 Å². The van der Waals surface area contributed by atoms with Crippen LogP contribution < -0.4 is 10.1 Å². The summed E-state index contributed by atoms with van der Waals surface area (Å²) in [7, 11) is 2.16. The summed E-state index contributed by atoms with van der Waals surface area (Å²) in [6.45, 7) is 3.75. The normalized spacial score (nSPS) is 14.5. The molecule has 5 heteroatoms. The van der Waals surface area contributed by atoms with Gasteiger partial charge >= 0.3 is 0 Å². The van der Waals surface area contributed by atoms with Crippen molar-refractivity contribution in [1.29, 1.82) is 0 Å². The maximum Gasteiger partial charge on any atom is 0.220 e.